The van der Waals surface area contributed by atoms with Gasteiger partial charge >= 0.3 is 0 Å². The van der Waals surface area contributed by atoms with Crippen molar-refractivity contribution < 1.29 is 20.3 Å². The maximum Gasteiger partial charge on any atom is 0.155 e. The third-order valence-electron chi connectivity index (χ3n) is 0.542. The van der Waals surface area contributed by atoms with Crippen molar-refractivity contribution in [2.75, 3.05) is 7.11 Å². The predicted octanol–water partition coefficient (Wildman–Crippen LogP) is -2.70. The average molecular weight is 136 g/mol. The quantitative estimate of drug-likeness (QED) is 0.326. The highest BCUT2D eigenvalue weighted by molar-refractivity contribution is 4.41. The summed E-state index contributed by atoms with van der Waals surface area (Å²) in [6, 6.07) is 0. The van der Waals surface area contributed by atoms with E-state index in [1.807, 2.05) is 0 Å². The van der Waals surface area contributed by atoms with Crippen molar-refractivity contribution in [1.82, 2.24) is 0 Å². The van der Waals surface area contributed by atoms with Crippen LogP contribution in [-0.4, -0.2) is 7.11 Å². The third-order valence-corrected chi connectivity index (χ3v) is 0.542. The molecule has 0 aliphatic heterocycles. The van der Waals surface area contributed by atoms with Crippen molar-refractivity contribution in [1.29, 1.82) is 0 Å². The molecule has 0 spiro atoms. The van der Waals surface area contributed by atoms with E-state index >= 15 is 0 Å². The Morgan fingerprint density at radius 3 is 2.33 bits per heavy atom. The molecule has 9 heavy (non-hydrogen) atoms. The van der Waals surface area contributed by atoms with E-state index in [2.05, 4.69) is 16.3 Å². The second-order valence-corrected chi connectivity index (χ2v) is 1.06. The molecule has 2 unspecified atom stereocenters. The molecule has 54 valence electrons. The van der Waals surface area contributed by atoms with Gasteiger partial charge in [0.15, 0.2) is 6.26 Å². The van der Waals surface area contributed by atoms with Gasteiger partial charge < -0.3 is 10.4 Å². The zero-order valence-electron chi connectivity index (χ0n) is 4.92. The number of rotatable bonds is 4. The minimum absolute atomic E-state index is 0.860. The van der Waals surface area contributed by atoms with Crippen LogP contribution in [0.4, 0.5) is 0 Å². The van der Waals surface area contributed by atoms with Gasteiger partial charge in [-0.15, -0.1) is 0 Å². The smallest absolute Gasteiger partial charge is 0.155 e. The molecule has 0 rings (SSSR count). The van der Waals surface area contributed by atoms with Crippen LogP contribution in [0.25, 0.3) is 0 Å². The number of quaternary nitrogens is 2. The second kappa shape index (κ2) is 4.24. The Morgan fingerprint density at radius 2 is 2.00 bits per heavy atom. The van der Waals surface area contributed by atoms with E-state index in [1.165, 1.54) is 0 Å². The first-order valence-electron chi connectivity index (χ1n) is 2.12. The molecular weight excluding hydrogens is 128 g/mol. The van der Waals surface area contributed by atoms with Crippen molar-refractivity contribution in [3.8, 4) is 0 Å². The van der Waals surface area contributed by atoms with Crippen LogP contribution in [0, 0.1) is 10.4 Å². The molecule has 0 bridgehead atoms. The summed E-state index contributed by atoms with van der Waals surface area (Å²) in [4.78, 5) is 8.05. The fourth-order valence-corrected chi connectivity index (χ4v) is 0.207. The molecular formula is C3H8N2O4. The summed E-state index contributed by atoms with van der Waals surface area (Å²) in [5.74, 6) is 0. The molecule has 0 fully saturated rings. The molecule has 0 radical (unpaired) electrons. The van der Waals surface area contributed by atoms with Crippen LogP contribution >= 0.6 is 0 Å². The molecule has 0 saturated heterocycles. The molecule has 0 aliphatic rings. The summed E-state index contributed by atoms with van der Waals surface area (Å²) in [5, 5.41) is 18.3. The molecule has 2 N–H and O–H groups in total. The molecule has 2 atom stereocenters. The summed E-state index contributed by atoms with van der Waals surface area (Å²) in [7, 11) is 1.09. The second-order valence-electron chi connectivity index (χ2n) is 1.06. The largest absolute Gasteiger partial charge is 0.546 e. The van der Waals surface area contributed by atoms with E-state index in [1.54, 1.807) is 0 Å². The topological polar surface area (TPSA) is 73.5 Å². The molecule has 6 heteroatoms. The van der Waals surface area contributed by atoms with Crippen LogP contribution in [0.1, 0.15) is 0 Å². The standard InChI is InChI=1S/C3H8N2O4/c1-3-9-5(7)4(6)8-2/h3-5H,1H2,2H3. The van der Waals surface area contributed by atoms with E-state index in [0.717, 1.165) is 13.4 Å². The number of nitrogens with one attached hydrogen (secondary N) is 2. The molecule has 0 aromatic carbocycles. The zero-order chi connectivity index (χ0) is 7.28. The Bertz CT molecular complexity index is 87.9. The summed E-state index contributed by atoms with van der Waals surface area (Å²) < 4.78 is 0. The highest BCUT2D eigenvalue weighted by Crippen LogP contribution is 1.47. The Hall–Kier alpha value is -0.660. The van der Waals surface area contributed by atoms with Crippen LogP contribution < -0.4 is 10.7 Å². The Balaban J connectivity index is 3.44. The Labute approximate surface area is 51.9 Å². The first kappa shape index (κ1) is 8.34. The van der Waals surface area contributed by atoms with Crippen LogP contribution in [0.3, 0.4) is 0 Å². The van der Waals surface area contributed by atoms with Gasteiger partial charge in [0.05, 0.1) is 0 Å². The zero-order valence-corrected chi connectivity index (χ0v) is 4.92. The molecule has 0 heterocycles. The highest BCUT2D eigenvalue weighted by atomic mass is 17.1. The summed E-state index contributed by atoms with van der Waals surface area (Å²) in [6.45, 7) is 3.07. The molecule has 6 nitrogen and oxygen atoms in total. The van der Waals surface area contributed by atoms with Crippen molar-refractivity contribution in [3.05, 3.63) is 23.3 Å². The monoisotopic (exact) mass is 136 g/mol. The molecule has 0 amide bonds. The highest BCUT2D eigenvalue weighted by Gasteiger charge is 2.00. The van der Waals surface area contributed by atoms with Gasteiger partial charge in [0.25, 0.3) is 0 Å². The van der Waals surface area contributed by atoms with Gasteiger partial charge in [0, 0.05) is 0 Å². The fourth-order valence-electron chi connectivity index (χ4n) is 0.207. The molecule has 0 aromatic rings. The van der Waals surface area contributed by atoms with Crippen LogP contribution in [-0.2, 0) is 9.68 Å². The van der Waals surface area contributed by atoms with Crippen LogP contribution in [0.2, 0.25) is 0 Å². The normalized spacial score (nSPS) is 16.3. The van der Waals surface area contributed by atoms with E-state index in [-0.39, 0.29) is 0 Å². The lowest BCUT2D eigenvalue weighted by atomic mass is 11.2. The van der Waals surface area contributed by atoms with Gasteiger partial charge in [-0.2, -0.15) is 4.84 Å². The van der Waals surface area contributed by atoms with Gasteiger partial charge in [-0.3, -0.25) is 4.84 Å². The molecule has 0 aromatic heterocycles. The van der Waals surface area contributed by atoms with Gasteiger partial charge in [-0.05, 0) is 10.7 Å². The third kappa shape index (κ3) is 3.01. The van der Waals surface area contributed by atoms with E-state index in [4.69, 9.17) is 0 Å². The first-order chi connectivity index (χ1) is 4.22. The van der Waals surface area contributed by atoms with Gasteiger partial charge in [0.2, 0.25) is 0 Å². The van der Waals surface area contributed by atoms with Gasteiger partial charge in [-0.25, -0.2) is 0 Å². The first-order valence-corrected chi connectivity index (χ1v) is 2.12. The number of hydrogen-bond acceptors (Lipinski definition) is 4. The van der Waals surface area contributed by atoms with Gasteiger partial charge in [0.1, 0.15) is 7.11 Å². The Kier molecular flexibility index (Phi) is 3.93. The minimum atomic E-state index is -1.06. The van der Waals surface area contributed by atoms with Crippen LogP contribution in [0.15, 0.2) is 12.8 Å². The van der Waals surface area contributed by atoms with Crippen molar-refractivity contribution in [2.45, 2.75) is 0 Å². The summed E-state index contributed by atoms with van der Waals surface area (Å²) >= 11 is 0. The SMILES string of the molecule is C=CO[NH+]([O-])[NH+]([O-])OC. The predicted molar refractivity (Wildman–Crippen MR) is 27.0 cm³/mol. The lowest BCUT2D eigenvalue weighted by molar-refractivity contribution is -1.60. The van der Waals surface area contributed by atoms with Crippen molar-refractivity contribution >= 4 is 0 Å². The molecule has 0 aliphatic carbocycles. The minimum Gasteiger partial charge on any atom is -0.546 e. The summed E-state index contributed by atoms with van der Waals surface area (Å²) in [6.07, 6.45) is 0.860. The van der Waals surface area contributed by atoms with Gasteiger partial charge in [-0.1, -0.05) is 6.58 Å². The van der Waals surface area contributed by atoms with E-state index in [9.17, 15) is 10.4 Å². The van der Waals surface area contributed by atoms with E-state index in [0.29, 0.717) is 0 Å². The van der Waals surface area contributed by atoms with Crippen molar-refractivity contribution in [2.24, 2.45) is 0 Å². The maximum atomic E-state index is 10.2. The Morgan fingerprint density at radius 1 is 1.44 bits per heavy atom. The van der Waals surface area contributed by atoms with Crippen molar-refractivity contribution in [3.63, 3.8) is 0 Å². The summed E-state index contributed by atoms with van der Waals surface area (Å²) in [5.41, 5.74) is 0. The lowest BCUT2D eigenvalue weighted by Crippen LogP contribution is -3.54. The average Bonchev–Trinajstić information content (AvgIpc) is 1.87. The fraction of sp³-hybridized carbons (Fsp3) is 0.333. The van der Waals surface area contributed by atoms with Crippen LogP contribution in [0.5, 0.6) is 0 Å². The maximum absolute atomic E-state index is 10.2. The molecule has 0 saturated carbocycles. The van der Waals surface area contributed by atoms with E-state index < -0.39 is 10.7 Å². The lowest BCUT2D eigenvalue weighted by Gasteiger charge is -2.24. The number of hydrogen-bond donors (Lipinski definition) is 2.